The molecule has 0 bridgehead atoms. The third-order valence-electron chi connectivity index (χ3n) is 5.37. The predicted molar refractivity (Wildman–Crippen MR) is 108 cm³/mol. The number of aromatic carboxylic acids is 1. The van der Waals surface area contributed by atoms with Crippen molar-refractivity contribution in [1.29, 1.82) is 0 Å². The highest BCUT2D eigenvalue weighted by Gasteiger charge is 2.19. The van der Waals surface area contributed by atoms with E-state index in [2.05, 4.69) is 0 Å². The van der Waals surface area contributed by atoms with Crippen LogP contribution in [0.4, 0.5) is 4.39 Å². The highest BCUT2D eigenvalue weighted by atomic mass is 19.1. The lowest BCUT2D eigenvalue weighted by molar-refractivity contribution is 0.0697. The summed E-state index contributed by atoms with van der Waals surface area (Å²) in [6.45, 7) is 3.81. The maximum atomic E-state index is 14.1. The minimum atomic E-state index is -0.956. The van der Waals surface area contributed by atoms with Crippen LogP contribution in [0, 0.1) is 19.7 Å². The molecule has 3 nitrogen and oxygen atoms in total. The summed E-state index contributed by atoms with van der Waals surface area (Å²) in [5.74, 6) is -1.17. The van der Waals surface area contributed by atoms with E-state index in [1.54, 1.807) is 31.3 Å². The molecule has 2 aromatic carbocycles. The van der Waals surface area contributed by atoms with E-state index < -0.39 is 5.97 Å². The van der Waals surface area contributed by atoms with Gasteiger partial charge in [-0.15, -0.1) is 0 Å². The molecule has 0 aliphatic rings. The maximum Gasteiger partial charge on any atom is 0.335 e. The van der Waals surface area contributed by atoms with Gasteiger partial charge in [0.1, 0.15) is 5.82 Å². The number of aryl methyl sites for hydroxylation is 1. The first-order chi connectivity index (χ1) is 13.5. The third-order valence-corrected chi connectivity index (χ3v) is 5.37. The van der Waals surface area contributed by atoms with Crippen LogP contribution < -0.4 is 0 Å². The second kappa shape index (κ2) is 6.97. The summed E-state index contributed by atoms with van der Waals surface area (Å²) in [6, 6.07) is 18.4. The number of pyridine rings is 1. The fraction of sp³-hybridized carbons (Fsp3) is 0.125. The standard InChI is InChI=1S/C24H20FNO2/c1-15-18(9-6-10-21(15)25)13-20-16(2)26-12-11-19(24(27)28)14-22(26)23(20)17-7-4-3-5-8-17/h3-12,14H,13H2,1-2H3,(H,27,28). The predicted octanol–water partition coefficient (Wildman–Crippen LogP) is 5.65. The molecular formula is C24H20FNO2. The molecule has 0 spiro atoms. The van der Waals surface area contributed by atoms with Gasteiger partial charge in [0.05, 0.1) is 11.1 Å². The molecule has 1 N–H and O–H groups in total. The molecular weight excluding hydrogens is 353 g/mol. The minimum Gasteiger partial charge on any atom is -0.478 e. The van der Waals surface area contributed by atoms with Crippen LogP contribution in [0.3, 0.4) is 0 Å². The van der Waals surface area contributed by atoms with Crippen LogP contribution in [0.25, 0.3) is 16.6 Å². The summed E-state index contributed by atoms with van der Waals surface area (Å²) in [4.78, 5) is 11.5. The van der Waals surface area contributed by atoms with Crippen molar-refractivity contribution in [2.24, 2.45) is 0 Å². The quantitative estimate of drug-likeness (QED) is 0.502. The van der Waals surface area contributed by atoms with Crippen LogP contribution in [0.1, 0.15) is 32.7 Å². The van der Waals surface area contributed by atoms with E-state index in [1.165, 1.54) is 6.07 Å². The van der Waals surface area contributed by atoms with E-state index in [0.29, 0.717) is 12.0 Å². The zero-order valence-electron chi connectivity index (χ0n) is 15.7. The summed E-state index contributed by atoms with van der Waals surface area (Å²) in [5.41, 5.74) is 6.75. The van der Waals surface area contributed by atoms with Gasteiger partial charge in [-0.05, 0) is 54.3 Å². The Labute approximate surface area is 162 Å². The molecule has 0 aliphatic heterocycles. The molecule has 0 radical (unpaired) electrons. The van der Waals surface area contributed by atoms with E-state index in [9.17, 15) is 14.3 Å². The first-order valence-corrected chi connectivity index (χ1v) is 9.13. The molecule has 28 heavy (non-hydrogen) atoms. The molecule has 4 rings (SSSR count). The molecule has 0 aliphatic carbocycles. The van der Waals surface area contributed by atoms with Gasteiger partial charge < -0.3 is 9.51 Å². The molecule has 0 saturated heterocycles. The molecule has 0 fully saturated rings. The van der Waals surface area contributed by atoms with Gasteiger partial charge >= 0.3 is 5.97 Å². The Balaban J connectivity index is 2.00. The van der Waals surface area contributed by atoms with Crippen LogP contribution in [-0.2, 0) is 6.42 Å². The summed E-state index contributed by atoms with van der Waals surface area (Å²) in [7, 11) is 0. The summed E-state index contributed by atoms with van der Waals surface area (Å²) >= 11 is 0. The van der Waals surface area contributed by atoms with Crippen molar-refractivity contribution >= 4 is 11.5 Å². The summed E-state index contributed by atoms with van der Waals surface area (Å²) in [5, 5.41) is 9.43. The van der Waals surface area contributed by atoms with Gasteiger partial charge in [-0.2, -0.15) is 0 Å². The van der Waals surface area contributed by atoms with Gasteiger partial charge in [0, 0.05) is 23.9 Å². The number of halogens is 1. The fourth-order valence-corrected chi connectivity index (χ4v) is 3.78. The number of aromatic nitrogens is 1. The van der Waals surface area contributed by atoms with Gasteiger partial charge in [0.2, 0.25) is 0 Å². The lowest BCUT2D eigenvalue weighted by atomic mass is 9.94. The normalized spacial score (nSPS) is 11.1. The van der Waals surface area contributed by atoms with Gasteiger partial charge in [-0.1, -0.05) is 42.5 Å². The SMILES string of the molecule is Cc1c(F)cccc1Cc1c(-c2ccccc2)c2cc(C(=O)O)ccn2c1C. The molecule has 0 saturated carbocycles. The fourth-order valence-electron chi connectivity index (χ4n) is 3.78. The number of carboxylic acid groups (broad SMARTS) is 1. The highest BCUT2D eigenvalue weighted by Crippen LogP contribution is 2.35. The number of rotatable bonds is 4. The number of carbonyl (C=O) groups is 1. The molecule has 4 aromatic rings. The summed E-state index contributed by atoms with van der Waals surface area (Å²) in [6.07, 6.45) is 2.37. The first kappa shape index (κ1) is 18.0. The van der Waals surface area contributed by atoms with Crippen molar-refractivity contribution < 1.29 is 14.3 Å². The van der Waals surface area contributed by atoms with Gasteiger partial charge in [-0.3, -0.25) is 0 Å². The highest BCUT2D eigenvalue weighted by molar-refractivity contribution is 5.93. The molecule has 140 valence electrons. The van der Waals surface area contributed by atoms with Crippen molar-refractivity contribution in [3.8, 4) is 11.1 Å². The van der Waals surface area contributed by atoms with Crippen LogP contribution in [0.5, 0.6) is 0 Å². The van der Waals surface area contributed by atoms with Crippen molar-refractivity contribution in [3.63, 3.8) is 0 Å². The van der Waals surface area contributed by atoms with E-state index in [0.717, 1.165) is 33.5 Å². The van der Waals surface area contributed by atoms with Crippen LogP contribution in [-0.4, -0.2) is 15.5 Å². The molecule has 0 amide bonds. The molecule has 2 aromatic heterocycles. The monoisotopic (exact) mass is 373 g/mol. The Morgan fingerprint density at radius 1 is 1.04 bits per heavy atom. The van der Waals surface area contributed by atoms with E-state index in [1.807, 2.05) is 47.7 Å². The number of carboxylic acids is 1. The Morgan fingerprint density at radius 3 is 2.50 bits per heavy atom. The lowest BCUT2D eigenvalue weighted by Gasteiger charge is -2.10. The second-order valence-electron chi connectivity index (χ2n) is 6.98. The number of nitrogens with zero attached hydrogens (tertiary/aromatic N) is 1. The number of hydrogen-bond donors (Lipinski definition) is 1. The van der Waals surface area contributed by atoms with Crippen LogP contribution >= 0.6 is 0 Å². The van der Waals surface area contributed by atoms with Crippen LogP contribution in [0.15, 0.2) is 66.9 Å². The maximum absolute atomic E-state index is 14.1. The van der Waals surface area contributed by atoms with E-state index in [-0.39, 0.29) is 11.4 Å². The van der Waals surface area contributed by atoms with Crippen LogP contribution in [0.2, 0.25) is 0 Å². The molecule has 4 heteroatoms. The molecule has 0 unspecified atom stereocenters. The molecule has 2 heterocycles. The second-order valence-corrected chi connectivity index (χ2v) is 6.98. The Hall–Kier alpha value is -3.40. The van der Waals surface area contributed by atoms with Crippen molar-refractivity contribution in [2.75, 3.05) is 0 Å². The first-order valence-electron chi connectivity index (χ1n) is 9.13. The minimum absolute atomic E-state index is 0.214. The van der Waals surface area contributed by atoms with Gasteiger partial charge in [0.15, 0.2) is 0 Å². The summed E-state index contributed by atoms with van der Waals surface area (Å²) < 4.78 is 16.1. The van der Waals surface area contributed by atoms with Crippen molar-refractivity contribution in [1.82, 2.24) is 4.40 Å². The van der Waals surface area contributed by atoms with E-state index >= 15 is 0 Å². The lowest BCUT2D eigenvalue weighted by Crippen LogP contribution is -1.98. The largest absolute Gasteiger partial charge is 0.478 e. The van der Waals surface area contributed by atoms with Gasteiger partial charge in [-0.25, -0.2) is 9.18 Å². The number of benzene rings is 2. The molecule has 0 atom stereocenters. The number of fused-ring (bicyclic) bond motifs is 1. The Kier molecular flexibility index (Phi) is 4.47. The third kappa shape index (κ3) is 2.97. The van der Waals surface area contributed by atoms with Crippen molar-refractivity contribution in [2.45, 2.75) is 20.3 Å². The Bertz CT molecular complexity index is 1190. The van der Waals surface area contributed by atoms with Gasteiger partial charge in [0.25, 0.3) is 0 Å². The smallest absolute Gasteiger partial charge is 0.335 e. The topological polar surface area (TPSA) is 41.7 Å². The average Bonchev–Trinajstić information content (AvgIpc) is 2.97. The number of hydrogen-bond acceptors (Lipinski definition) is 1. The average molecular weight is 373 g/mol. The van der Waals surface area contributed by atoms with E-state index in [4.69, 9.17) is 0 Å². The zero-order valence-corrected chi connectivity index (χ0v) is 15.7. The Morgan fingerprint density at radius 2 is 1.79 bits per heavy atom. The zero-order chi connectivity index (χ0) is 19.8. The van der Waals surface area contributed by atoms with Crippen molar-refractivity contribution in [3.05, 3.63) is 101 Å².